The molecule has 6 heteroatoms. The zero-order valence-corrected chi connectivity index (χ0v) is 15.1. The lowest BCUT2D eigenvalue weighted by Gasteiger charge is -2.16. The van der Waals surface area contributed by atoms with Gasteiger partial charge in [0.1, 0.15) is 11.4 Å². The minimum atomic E-state index is -0.576. The molecule has 1 aliphatic rings. The highest BCUT2D eigenvalue weighted by Gasteiger charge is 2.35. The summed E-state index contributed by atoms with van der Waals surface area (Å²) in [6.45, 7) is 0.781. The number of carbonyl (C=O) groups excluding carboxylic acids is 1. The zero-order chi connectivity index (χ0) is 18.8. The lowest BCUT2D eigenvalue weighted by atomic mass is 9.99. The van der Waals surface area contributed by atoms with E-state index in [-0.39, 0.29) is 11.8 Å². The highest BCUT2D eigenvalue weighted by Crippen LogP contribution is 2.24. The van der Waals surface area contributed by atoms with Gasteiger partial charge in [-0.1, -0.05) is 24.3 Å². The predicted molar refractivity (Wildman–Crippen MR) is 102 cm³/mol. The summed E-state index contributed by atoms with van der Waals surface area (Å²) in [4.78, 5) is 23.2. The Morgan fingerprint density at radius 1 is 1.22 bits per heavy atom. The first-order valence-corrected chi connectivity index (χ1v) is 8.96. The number of aromatic nitrogens is 2. The van der Waals surface area contributed by atoms with Crippen LogP contribution in [-0.4, -0.2) is 52.2 Å². The Kier molecular flexibility index (Phi) is 4.73. The van der Waals surface area contributed by atoms with Crippen molar-refractivity contribution in [2.75, 3.05) is 20.2 Å². The van der Waals surface area contributed by atoms with E-state index in [1.165, 1.54) is 0 Å². The largest absolute Gasteiger partial charge is 0.497 e. The third-order valence-electron chi connectivity index (χ3n) is 5.01. The van der Waals surface area contributed by atoms with Gasteiger partial charge in [0.25, 0.3) is 5.91 Å². The molecule has 3 heterocycles. The second-order valence-electron chi connectivity index (χ2n) is 6.82. The SMILES string of the molecule is COc1ccnc(C(=O)N2C[C@@H](Cc3ccc4ccccc4n3)[C@H](O)C2)c1. The Labute approximate surface area is 157 Å². The van der Waals surface area contributed by atoms with E-state index >= 15 is 0 Å². The number of aliphatic hydroxyl groups excluding tert-OH is 1. The van der Waals surface area contributed by atoms with Crippen LogP contribution in [0.3, 0.4) is 0 Å². The molecule has 1 N–H and O–H groups in total. The number of amides is 1. The molecule has 0 radical (unpaired) electrons. The first-order valence-electron chi connectivity index (χ1n) is 8.96. The Bertz CT molecular complexity index is 976. The van der Waals surface area contributed by atoms with Gasteiger partial charge in [-0.3, -0.25) is 14.8 Å². The molecule has 3 aromatic rings. The molecule has 27 heavy (non-hydrogen) atoms. The van der Waals surface area contributed by atoms with E-state index in [9.17, 15) is 9.90 Å². The molecule has 0 spiro atoms. The summed E-state index contributed by atoms with van der Waals surface area (Å²) in [7, 11) is 1.55. The average molecular weight is 363 g/mol. The number of ether oxygens (including phenoxy) is 1. The Balaban J connectivity index is 1.48. The number of methoxy groups -OCH3 is 1. The van der Waals surface area contributed by atoms with E-state index in [4.69, 9.17) is 4.74 Å². The van der Waals surface area contributed by atoms with Crippen molar-refractivity contribution < 1.29 is 14.6 Å². The molecule has 0 bridgehead atoms. The number of para-hydroxylation sites is 1. The summed E-state index contributed by atoms with van der Waals surface area (Å²) in [5.74, 6) is 0.347. The number of hydrogen-bond donors (Lipinski definition) is 1. The molecule has 2 atom stereocenters. The van der Waals surface area contributed by atoms with Crippen LogP contribution >= 0.6 is 0 Å². The molecule has 1 aromatic carbocycles. The molecule has 0 aliphatic carbocycles. The molecule has 4 rings (SSSR count). The van der Waals surface area contributed by atoms with E-state index < -0.39 is 6.10 Å². The Morgan fingerprint density at radius 2 is 2.07 bits per heavy atom. The summed E-state index contributed by atoms with van der Waals surface area (Å²) < 4.78 is 5.16. The maximum atomic E-state index is 12.7. The van der Waals surface area contributed by atoms with E-state index in [0.29, 0.717) is 31.0 Å². The second kappa shape index (κ2) is 7.32. The molecule has 1 saturated heterocycles. The number of pyridine rings is 2. The number of benzene rings is 1. The van der Waals surface area contributed by atoms with E-state index in [1.807, 2.05) is 36.4 Å². The van der Waals surface area contributed by atoms with Crippen molar-refractivity contribution in [1.29, 1.82) is 0 Å². The number of carbonyl (C=O) groups is 1. The van der Waals surface area contributed by atoms with Gasteiger partial charge in [-0.05, 0) is 24.6 Å². The average Bonchev–Trinajstić information content (AvgIpc) is 3.07. The van der Waals surface area contributed by atoms with E-state index in [1.54, 1.807) is 30.3 Å². The first kappa shape index (κ1) is 17.4. The number of rotatable bonds is 4. The topological polar surface area (TPSA) is 75.5 Å². The van der Waals surface area contributed by atoms with Gasteiger partial charge >= 0.3 is 0 Å². The van der Waals surface area contributed by atoms with Crippen molar-refractivity contribution in [2.45, 2.75) is 12.5 Å². The molecule has 6 nitrogen and oxygen atoms in total. The van der Waals surface area contributed by atoms with Crippen molar-refractivity contribution in [3.63, 3.8) is 0 Å². The number of aliphatic hydroxyl groups is 1. The molecule has 0 saturated carbocycles. The number of likely N-dealkylation sites (tertiary alicyclic amines) is 1. The van der Waals surface area contributed by atoms with Gasteiger partial charge in [-0.2, -0.15) is 0 Å². The highest BCUT2D eigenvalue weighted by molar-refractivity contribution is 5.92. The van der Waals surface area contributed by atoms with Crippen LogP contribution in [0.2, 0.25) is 0 Å². The molecule has 1 fully saturated rings. The van der Waals surface area contributed by atoms with Crippen molar-refractivity contribution in [3.8, 4) is 5.75 Å². The third kappa shape index (κ3) is 3.61. The fourth-order valence-electron chi connectivity index (χ4n) is 3.53. The van der Waals surface area contributed by atoms with Crippen LogP contribution in [0, 0.1) is 5.92 Å². The molecule has 2 aromatic heterocycles. The zero-order valence-electron chi connectivity index (χ0n) is 15.1. The van der Waals surface area contributed by atoms with Crippen molar-refractivity contribution in [3.05, 3.63) is 66.1 Å². The monoisotopic (exact) mass is 363 g/mol. The standard InChI is InChI=1S/C21H21N3O3/c1-27-17-8-9-22-19(11-17)21(26)24-12-15(20(25)13-24)10-16-7-6-14-4-2-3-5-18(14)23-16/h2-9,11,15,20,25H,10,12-13H2,1H3/t15-,20-/m1/s1. The fraction of sp³-hybridized carbons (Fsp3) is 0.286. The van der Waals surface area contributed by atoms with Gasteiger partial charge in [0.2, 0.25) is 0 Å². The van der Waals surface area contributed by atoms with Gasteiger partial charge in [-0.25, -0.2) is 0 Å². The lowest BCUT2D eigenvalue weighted by molar-refractivity contribution is 0.0758. The maximum Gasteiger partial charge on any atom is 0.272 e. The molecule has 1 amide bonds. The van der Waals surface area contributed by atoms with Gasteiger partial charge in [0.05, 0.1) is 18.7 Å². The van der Waals surface area contributed by atoms with Crippen molar-refractivity contribution >= 4 is 16.8 Å². The third-order valence-corrected chi connectivity index (χ3v) is 5.01. The van der Waals surface area contributed by atoms with Crippen LogP contribution in [-0.2, 0) is 6.42 Å². The minimum Gasteiger partial charge on any atom is -0.497 e. The van der Waals surface area contributed by atoms with Gasteiger partial charge in [-0.15, -0.1) is 0 Å². The van der Waals surface area contributed by atoms with Crippen molar-refractivity contribution in [2.24, 2.45) is 5.92 Å². The Morgan fingerprint density at radius 3 is 2.93 bits per heavy atom. The lowest BCUT2D eigenvalue weighted by Crippen LogP contribution is -2.30. The van der Waals surface area contributed by atoms with Crippen LogP contribution in [0.15, 0.2) is 54.7 Å². The normalized spacial score (nSPS) is 19.4. The first-order chi connectivity index (χ1) is 13.1. The minimum absolute atomic E-state index is 0.0479. The summed E-state index contributed by atoms with van der Waals surface area (Å²) in [6, 6.07) is 15.3. The van der Waals surface area contributed by atoms with Gasteiger partial charge < -0.3 is 14.7 Å². The van der Waals surface area contributed by atoms with Crippen LogP contribution in [0.4, 0.5) is 0 Å². The second-order valence-corrected chi connectivity index (χ2v) is 6.82. The molecular formula is C21H21N3O3. The van der Waals surface area contributed by atoms with Crippen LogP contribution < -0.4 is 4.74 Å². The number of hydrogen-bond acceptors (Lipinski definition) is 5. The van der Waals surface area contributed by atoms with Gasteiger partial charge in [0, 0.05) is 42.4 Å². The number of nitrogens with zero attached hydrogens (tertiary/aromatic N) is 3. The number of fused-ring (bicyclic) bond motifs is 1. The predicted octanol–water partition coefficient (Wildman–Crippen LogP) is 2.31. The van der Waals surface area contributed by atoms with Crippen molar-refractivity contribution in [1.82, 2.24) is 14.9 Å². The smallest absolute Gasteiger partial charge is 0.272 e. The molecule has 0 unspecified atom stereocenters. The van der Waals surface area contributed by atoms with Gasteiger partial charge in [0.15, 0.2) is 0 Å². The molecule has 138 valence electrons. The van der Waals surface area contributed by atoms with Crippen LogP contribution in [0.25, 0.3) is 10.9 Å². The van der Waals surface area contributed by atoms with E-state index in [2.05, 4.69) is 9.97 Å². The molecular weight excluding hydrogens is 342 g/mol. The Hall–Kier alpha value is -2.99. The summed E-state index contributed by atoms with van der Waals surface area (Å²) in [5.41, 5.74) is 2.19. The quantitative estimate of drug-likeness (QED) is 0.770. The van der Waals surface area contributed by atoms with Crippen LogP contribution in [0.5, 0.6) is 5.75 Å². The maximum absolute atomic E-state index is 12.7. The summed E-state index contributed by atoms with van der Waals surface area (Å²) in [5, 5.41) is 11.6. The number of β-amino-alcohol motifs (C(OH)–C–C–N with tert-alkyl or cyclic N) is 1. The van der Waals surface area contributed by atoms with Crippen LogP contribution in [0.1, 0.15) is 16.2 Å². The fourth-order valence-corrected chi connectivity index (χ4v) is 3.53. The highest BCUT2D eigenvalue weighted by atomic mass is 16.5. The molecule has 1 aliphatic heterocycles. The van der Waals surface area contributed by atoms with E-state index in [0.717, 1.165) is 16.6 Å². The summed E-state index contributed by atoms with van der Waals surface area (Å²) >= 11 is 0. The summed E-state index contributed by atoms with van der Waals surface area (Å²) in [6.07, 6.45) is 1.60.